The van der Waals surface area contributed by atoms with Gasteiger partial charge >= 0.3 is 29.6 Å². The molecule has 46 valence electrons. The molecule has 1 unspecified atom stereocenters. The zero-order valence-electron chi connectivity index (χ0n) is 5.80. The summed E-state index contributed by atoms with van der Waals surface area (Å²) in [7, 11) is 0. The number of hydrogen-bond donors (Lipinski definition) is 0. The van der Waals surface area contributed by atoms with Crippen LogP contribution in [0.15, 0.2) is 0 Å². The molecule has 9 heavy (non-hydrogen) atoms. The molecule has 0 spiro atoms. The van der Waals surface area contributed by atoms with E-state index >= 15 is 0 Å². The maximum atomic E-state index is 10.2. The molecule has 0 amide bonds. The van der Waals surface area contributed by atoms with Crippen LogP contribution in [0.3, 0.4) is 0 Å². The van der Waals surface area contributed by atoms with Crippen molar-refractivity contribution in [2.24, 2.45) is 5.92 Å². The maximum Gasteiger partial charge on any atom is 1.00 e. The van der Waals surface area contributed by atoms with E-state index in [1.165, 1.54) is 13.8 Å². The fraction of sp³-hybridized carbons (Fsp3) is 0.600. The summed E-state index contributed by atoms with van der Waals surface area (Å²) in [4.78, 5) is 20.0. The largest absolute Gasteiger partial charge is 1.00 e. The molecule has 0 heterocycles. The molecule has 0 saturated heterocycles. The van der Waals surface area contributed by atoms with Crippen molar-refractivity contribution in [1.82, 2.24) is 0 Å². The molecule has 0 radical (unpaired) electrons. The standard InChI is InChI=1S/C5H8O3.Na/c1-3(4(2)6)5(7)8;/h3H,1-2H3,(H,7,8);/q;+1/p-1. The number of carbonyl (C=O) groups excluding carboxylic acids is 2. The minimum Gasteiger partial charge on any atom is -0.549 e. The van der Waals surface area contributed by atoms with Crippen molar-refractivity contribution < 1.29 is 44.3 Å². The van der Waals surface area contributed by atoms with Crippen LogP contribution in [-0.4, -0.2) is 11.8 Å². The van der Waals surface area contributed by atoms with Crippen LogP contribution < -0.4 is 34.7 Å². The first kappa shape index (κ1) is 11.9. The van der Waals surface area contributed by atoms with Crippen LogP contribution in [0.25, 0.3) is 0 Å². The Morgan fingerprint density at radius 1 is 1.44 bits per heavy atom. The predicted octanol–water partition coefficient (Wildman–Crippen LogP) is -4.03. The van der Waals surface area contributed by atoms with E-state index in [0.29, 0.717) is 0 Å². The van der Waals surface area contributed by atoms with Gasteiger partial charge in [-0.05, 0) is 6.92 Å². The van der Waals surface area contributed by atoms with Gasteiger partial charge in [-0.1, -0.05) is 6.92 Å². The zero-order valence-corrected chi connectivity index (χ0v) is 7.80. The third-order valence-corrected chi connectivity index (χ3v) is 0.963. The Labute approximate surface area is 75.7 Å². The zero-order chi connectivity index (χ0) is 6.73. The van der Waals surface area contributed by atoms with Crippen molar-refractivity contribution in [3.05, 3.63) is 0 Å². The number of carbonyl (C=O) groups is 2. The van der Waals surface area contributed by atoms with E-state index in [1.807, 2.05) is 0 Å². The maximum absolute atomic E-state index is 10.2. The number of ketones is 1. The number of Topliss-reactive ketones (excluding diaryl/α,β-unsaturated/α-hetero) is 1. The number of carboxylic acids is 1. The molecule has 0 aromatic carbocycles. The van der Waals surface area contributed by atoms with Crippen LogP contribution in [0, 0.1) is 5.92 Å². The van der Waals surface area contributed by atoms with Crippen LogP contribution in [0.4, 0.5) is 0 Å². The summed E-state index contributed by atoms with van der Waals surface area (Å²) in [5.41, 5.74) is 0. The van der Waals surface area contributed by atoms with Crippen molar-refractivity contribution in [2.75, 3.05) is 0 Å². The van der Waals surface area contributed by atoms with Gasteiger partial charge < -0.3 is 9.90 Å². The van der Waals surface area contributed by atoms with E-state index in [9.17, 15) is 14.7 Å². The monoisotopic (exact) mass is 138 g/mol. The van der Waals surface area contributed by atoms with Crippen LogP contribution >= 0.6 is 0 Å². The second-order valence-corrected chi connectivity index (χ2v) is 1.65. The predicted molar refractivity (Wildman–Crippen MR) is 24.9 cm³/mol. The van der Waals surface area contributed by atoms with Gasteiger partial charge in [0.2, 0.25) is 0 Å². The van der Waals surface area contributed by atoms with Gasteiger partial charge in [-0.25, -0.2) is 0 Å². The molecular weight excluding hydrogens is 131 g/mol. The summed E-state index contributed by atoms with van der Waals surface area (Å²) in [6.07, 6.45) is 0. The second kappa shape index (κ2) is 4.97. The summed E-state index contributed by atoms with van der Waals surface area (Å²) in [5, 5.41) is 9.81. The molecular formula is C5H7NaO3. The van der Waals surface area contributed by atoms with Gasteiger partial charge in [-0.2, -0.15) is 0 Å². The Balaban J connectivity index is 0. The smallest absolute Gasteiger partial charge is 0.549 e. The first-order valence-electron chi connectivity index (χ1n) is 2.27. The van der Waals surface area contributed by atoms with Gasteiger partial charge in [0.05, 0.1) is 11.9 Å². The first-order chi connectivity index (χ1) is 3.55. The minimum absolute atomic E-state index is 0. The summed E-state index contributed by atoms with van der Waals surface area (Å²) in [6.45, 7) is 2.53. The molecule has 3 nitrogen and oxygen atoms in total. The molecule has 0 aromatic heterocycles. The topological polar surface area (TPSA) is 57.2 Å². The van der Waals surface area contributed by atoms with Crippen LogP contribution in [0.2, 0.25) is 0 Å². The number of aliphatic carboxylic acids is 1. The number of carboxylic acid groups (broad SMARTS) is 1. The summed E-state index contributed by atoms with van der Waals surface area (Å²) in [6, 6.07) is 0. The van der Waals surface area contributed by atoms with Crippen molar-refractivity contribution in [1.29, 1.82) is 0 Å². The van der Waals surface area contributed by atoms with E-state index in [-0.39, 0.29) is 35.3 Å². The van der Waals surface area contributed by atoms with Crippen LogP contribution in [0.5, 0.6) is 0 Å². The average molecular weight is 138 g/mol. The van der Waals surface area contributed by atoms with Crippen molar-refractivity contribution in [3.8, 4) is 0 Å². The summed E-state index contributed by atoms with van der Waals surface area (Å²) < 4.78 is 0. The molecule has 1 atom stereocenters. The molecule has 0 aliphatic carbocycles. The Morgan fingerprint density at radius 2 is 1.78 bits per heavy atom. The van der Waals surface area contributed by atoms with Crippen molar-refractivity contribution in [2.45, 2.75) is 13.8 Å². The first-order valence-corrected chi connectivity index (χ1v) is 2.27. The Morgan fingerprint density at radius 3 is 1.78 bits per heavy atom. The Bertz CT molecular complexity index is 107. The molecule has 4 heteroatoms. The van der Waals surface area contributed by atoms with Gasteiger partial charge in [-0.15, -0.1) is 0 Å². The van der Waals surface area contributed by atoms with Crippen LogP contribution in [-0.2, 0) is 9.59 Å². The normalized spacial score (nSPS) is 11.3. The summed E-state index contributed by atoms with van der Waals surface area (Å²) in [5.74, 6) is -2.64. The molecule has 0 N–H and O–H groups in total. The van der Waals surface area contributed by atoms with Gasteiger partial charge in [0, 0.05) is 0 Å². The van der Waals surface area contributed by atoms with Gasteiger partial charge in [0.15, 0.2) is 0 Å². The SMILES string of the molecule is CC(=O)C(C)C(=O)[O-].[Na+]. The van der Waals surface area contributed by atoms with Gasteiger partial charge in [0.25, 0.3) is 0 Å². The molecule has 0 aliphatic rings. The van der Waals surface area contributed by atoms with Crippen molar-refractivity contribution >= 4 is 11.8 Å². The second-order valence-electron chi connectivity index (χ2n) is 1.65. The Kier molecular flexibility index (Phi) is 6.56. The van der Waals surface area contributed by atoms with Crippen molar-refractivity contribution in [3.63, 3.8) is 0 Å². The molecule has 0 aliphatic heterocycles. The van der Waals surface area contributed by atoms with Gasteiger partial charge in [-0.3, -0.25) is 4.79 Å². The number of rotatable bonds is 2. The molecule has 0 rings (SSSR count). The van der Waals surface area contributed by atoms with E-state index in [1.54, 1.807) is 0 Å². The number of hydrogen-bond acceptors (Lipinski definition) is 3. The summed E-state index contributed by atoms with van der Waals surface area (Å²) >= 11 is 0. The molecule has 0 saturated carbocycles. The Hall–Kier alpha value is 0.140. The molecule has 0 aromatic rings. The van der Waals surface area contributed by atoms with E-state index in [2.05, 4.69) is 0 Å². The third-order valence-electron chi connectivity index (χ3n) is 0.963. The molecule has 0 fully saturated rings. The van der Waals surface area contributed by atoms with E-state index in [4.69, 9.17) is 0 Å². The fourth-order valence-electron chi connectivity index (χ4n) is 0.166. The molecule has 0 bridgehead atoms. The fourth-order valence-corrected chi connectivity index (χ4v) is 0.166. The van der Waals surface area contributed by atoms with E-state index in [0.717, 1.165) is 0 Å². The third kappa shape index (κ3) is 4.63. The quantitative estimate of drug-likeness (QED) is 0.288. The van der Waals surface area contributed by atoms with Crippen LogP contribution in [0.1, 0.15) is 13.8 Å². The van der Waals surface area contributed by atoms with E-state index < -0.39 is 11.9 Å². The average Bonchev–Trinajstić information content (AvgIpc) is 1.64. The minimum atomic E-state index is -1.31. The van der Waals surface area contributed by atoms with Gasteiger partial charge in [0.1, 0.15) is 5.78 Å².